The van der Waals surface area contributed by atoms with E-state index in [0.717, 1.165) is 53.8 Å². The van der Waals surface area contributed by atoms with E-state index in [1.165, 1.54) is 5.57 Å². The van der Waals surface area contributed by atoms with Crippen LogP contribution in [0.1, 0.15) is 36.0 Å². The zero-order chi connectivity index (χ0) is 28.4. The van der Waals surface area contributed by atoms with Crippen LogP contribution in [0.5, 0.6) is 5.88 Å². The molecule has 41 heavy (non-hydrogen) atoms. The number of hydrogen-bond donors (Lipinski definition) is 2. The van der Waals surface area contributed by atoms with Crippen LogP contribution < -0.4 is 15.5 Å². The number of aromatic nitrogens is 2. The Morgan fingerprint density at radius 3 is 2.32 bits per heavy atom. The van der Waals surface area contributed by atoms with Gasteiger partial charge in [0.15, 0.2) is 0 Å². The van der Waals surface area contributed by atoms with Crippen molar-refractivity contribution in [1.82, 2.24) is 20.3 Å². The van der Waals surface area contributed by atoms with E-state index in [1.54, 1.807) is 25.6 Å². The Kier molecular flexibility index (Phi) is 8.99. The third-order valence-electron chi connectivity index (χ3n) is 7.14. The van der Waals surface area contributed by atoms with Crippen LogP contribution >= 0.6 is 0 Å². The summed E-state index contributed by atoms with van der Waals surface area (Å²) in [5.74, 6) is 1.29. The second-order valence-corrected chi connectivity index (χ2v) is 9.83. The van der Waals surface area contributed by atoms with Gasteiger partial charge in [-0.2, -0.15) is 5.26 Å². The first-order chi connectivity index (χ1) is 20.1. The van der Waals surface area contributed by atoms with E-state index < -0.39 is 0 Å². The SMILES string of the molecule is COc1ccc(-c2ccc(C(CC(=O)NCc3ccccc3)=C3CCN(Nc4ccc(C#N)cn4)CC3)cc2)cn1. The molecule has 8 heteroatoms. The zero-order valence-electron chi connectivity index (χ0n) is 23.0. The van der Waals surface area contributed by atoms with Crippen molar-refractivity contribution in [1.29, 1.82) is 5.26 Å². The van der Waals surface area contributed by atoms with E-state index in [4.69, 9.17) is 10.00 Å². The van der Waals surface area contributed by atoms with E-state index >= 15 is 0 Å². The monoisotopic (exact) mass is 544 g/mol. The summed E-state index contributed by atoms with van der Waals surface area (Å²) in [6.07, 6.45) is 5.34. The number of nitrogens with one attached hydrogen (secondary N) is 2. The van der Waals surface area contributed by atoms with Crippen molar-refractivity contribution >= 4 is 17.3 Å². The minimum atomic E-state index is 0.00196. The highest BCUT2D eigenvalue weighted by atomic mass is 16.5. The molecule has 206 valence electrons. The Bertz CT molecular complexity index is 1520. The number of carbonyl (C=O) groups excluding carboxylic acids is 1. The molecule has 0 aliphatic carbocycles. The fourth-order valence-electron chi connectivity index (χ4n) is 4.86. The lowest BCUT2D eigenvalue weighted by molar-refractivity contribution is -0.120. The predicted octanol–water partition coefficient (Wildman–Crippen LogP) is 5.61. The summed E-state index contributed by atoms with van der Waals surface area (Å²) in [4.78, 5) is 21.8. The number of amides is 1. The zero-order valence-corrected chi connectivity index (χ0v) is 23.0. The van der Waals surface area contributed by atoms with Gasteiger partial charge in [-0.05, 0) is 53.3 Å². The molecular formula is C33H32N6O2. The summed E-state index contributed by atoms with van der Waals surface area (Å²) >= 11 is 0. The molecule has 0 radical (unpaired) electrons. The van der Waals surface area contributed by atoms with Crippen molar-refractivity contribution < 1.29 is 9.53 Å². The van der Waals surface area contributed by atoms with Crippen molar-refractivity contribution in [3.63, 3.8) is 0 Å². The van der Waals surface area contributed by atoms with Crippen LogP contribution in [0.4, 0.5) is 5.82 Å². The molecule has 0 atom stereocenters. The summed E-state index contributed by atoms with van der Waals surface area (Å²) in [5, 5.41) is 14.2. The molecule has 0 saturated carbocycles. The lowest BCUT2D eigenvalue weighted by atomic mass is 9.90. The van der Waals surface area contributed by atoms with Crippen LogP contribution in [0.25, 0.3) is 16.7 Å². The maximum atomic E-state index is 13.1. The quantitative estimate of drug-likeness (QED) is 0.282. The van der Waals surface area contributed by atoms with E-state index in [2.05, 4.69) is 56.1 Å². The topological polar surface area (TPSA) is 103 Å². The van der Waals surface area contributed by atoms with Crippen molar-refractivity contribution in [3.05, 3.63) is 114 Å². The fourth-order valence-corrected chi connectivity index (χ4v) is 4.86. The molecule has 2 aromatic carbocycles. The third-order valence-corrected chi connectivity index (χ3v) is 7.14. The largest absolute Gasteiger partial charge is 0.481 e. The highest BCUT2D eigenvalue weighted by Crippen LogP contribution is 2.31. The number of methoxy groups -OCH3 is 1. The lowest BCUT2D eigenvalue weighted by Gasteiger charge is -2.30. The van der Waals surface area contributed by atoms with Gasteiger partial charge in [0.25, 0.3) is 0 Å². The summed E-state index contributed by atoms with van der Waals surface area (Å²) < 4.78 is 5.18. The number of benzene rings is 2. The molecule has 1 aliphatic rings. The molecule has 0 unspecified atom stereocenters. The minimum absolute atomic E-state index is 0.00196. The molecule has 1 fully saturated rings. The summed E-state index contributed by atoms with van der Waals surface area (Å²) in [7, 11) is 1.60. The number of pyridine rings is 2. The van der Waals surface area contributed by atoms with Crippen molar-refractivity contribution in [2.45, 2.75) is 25.8 Å². The van der Waals surface area contributed by atoms with E-state index in [9.17, 15) is 4.79 Å². The average Bonchev–Trinajstić information content (AvgIpc) is 3.04. The third kappa shape index (κ3) is 7.35. The Labute approximate surface area is 240 Å². The summed E-state index contributed by atoms with van der Waals surface area (Å²) in [6, 6.07) is 27.8. The first-order valence-electron chi connectivity index (χ1n) is 13.6. The van der Waals surface area contributed by atoms with Gasteiger partial charge in [0.2, 0.25) is 11.8 Å². The minimum Gasteiger partial charge on any atom is -0.481 e. The van der Waals surface area contributed by atoms with Crippen LogP contribution in [-0.4, -0.2) is 41.1 Å². The molecule has 2 N–H and O–H groups in total. The molecule has 5 rings (SSSR count). The van der Waals surface area contributed by atoms with Gasteiger partial charge in [-0.25, -0.2) is 15.0 Å². The fraction of sp³-hybridized carbons (Fsp3) is 0.212. The van der Waals surface area contributed by atoms with Crippen molar-refractivity contribution in [2.24, 2.45) is 0 Å². The number of anilines is 1. The Morgan fingerprint density at radius 1 is 0.927 bits per heavy atom. The maximum absolute atomic E-state index is 13.1. The molecule has 3 heterocycles. The standard InChI is InChI=1S/C33H32N6O2/c1-41-33-14-12-29(23-37-33)26-8-10-27(11-9-26)30(19-32(40)36-21-24-5-3-2-4-6-24)28-15-17-39(18-16-28)38-31-13-7-25(20-34)22-35-31/h2-14,22-23H,15-19,21H2,1H3,(H,35,38)(H,36,40). The van der Waals surface area contributed by atoms with E-state index in [0.29, 0.717) is 30.2 Å². The van der Waals surface area contributed by atoms with Crippen LogP contribution in [0, 0.1) is 11.3 Å². The molecule has 1 saturated heterocycles. The first kappa shape index (κ1) is 27.6. The Balaban J connectivity index is 1.32. The highest BCUT2D eigenvalue weighted by molar-refractivity contribution is 5.90. The van der Waals surface area contributed by atoms with Gasteiger partial charge in [0.1, 0.15) is 11.9 Å². The van der Waals surface area contributed by atoms with E-state index in [-0.39, 0.29) is 5.91 Å². The molecule has 4 aromatic rings. The Hall–Kier alpha value is -5.00. The molecule has 1 amide bonds. The second-order valence-electron chi connectivity index (χ2n) is 9.83. The lowest BCUT2D eigenvalue weighted by Crippen LogP contribution is -2.36. The molecule has 1 aliphatic heterocycles. The smallest absolute Gasteiger partial charge is 0.224 e. The molecule has 0 bridgehead atoms. The van der Waals surface area contributed by atoms with E-state index in [1.807, 2.05) is 48.5 Å². The number of piperidine rings is 1. The molecule has 2 aromatic heterocycles. The van der Waals surface area contributed by atoms with Crippen LogP contribution in [0.15, 0.2) is 96.8 Å². The number of nitriles is 1. The number of nitrogens with zero attached hydrogens (tertiary/aromatic N) is 4. The highest BCUT2D eigenvalue weighted by Gasteiger charge is 2.20. The van der Waals surface area contributed by atoms with Crippen LogP contribution in [0.2, 0.25) is 0 Å². The van der Waals surface area contributed by atoms with Gasteiger partial charge in [-0.1, -0.05) is 60.2 Å². The second kappa shape index (κ2) is 13.4. The molecule has 8 nitrogen and oxygen atoms in total. The van der Waals surface area contributed by atoms with Crippen LogP contribution in [-0.2, 0) is 11.3 Å². The van der Waals surface area contributed by atoms with Gasteiger partial charge in [0.05, 0.1) is 19.1 Å². The van der Waals surface area contributed by atoms with Crippen molar-refractivity contribution in [2.75, 3.05) is 25.6 Å². The molecular weight excluding hydrogens is 512 g/mol. The van der Waals surface area contributed by atoms with Crippen molar-refractivity contribution in [3.8, 4) is 23.1 Å². The number of rotatable bonds is 9. The van der Waals surface area contributed by atoms with Gasteiger partial charge in [0, 0.05) is 43.7 Å². The summed E-state index contributed by atoms with van der Waals surface area (Å²) in [6.45, 7) is 2.06. The number of ether oxygens (including phenoxy) is 1. The average molecular weight is 545 g/mol. The normalized spacial score (nSPS) is 13.2. The van der Waals surface area contributed by atoms with Crippen LogP contribution in [0.3, 0.4) is 0 Å². The van der Waals surface area contributed by atoms with Gasteiger partial charge < -0.3 is 15.5 Å². The molecule has 0 spiro atoms. The number of hydrazine groups is 1. The summed E-state index contributed by atoms with van der Waals surface area (Å²) in [5.41, 5.74) is 10.4. The maximum Gasteiger partial charge on any atom is 0.224 e. The van der Waals surface area contributed by atoms with Gasteiger partial charge >= 0.3 is 0 Å². The Morgan fingerprint density at radius 2 is 1.68 bits per heavy atom. The van der Waals surface area contributed by atoms with Gasteiger partial charge in [-0.3, -0.25) is 4.79 Å². The van der Waals surface area contributed by atoms with Gasteiger partial charge in [-0.15, -0.1) is 0 Å². The number of carbonyl (C=O) groups is 1. The number of hydrogen-bond acceptors (Lipinski definition) is 7. The first-order valence-corrected chi connectivity index (χ1v) is 13.6. The predicted molar refractivity (Wildman–Crippen MR) is 159 cm³/mol.